The van der Waals surface area contributed by atoms with Crippen LogP contribution in [0.3, 0.4) is 0 Å². The Morgan fingerprint density at radius 2 is 1.00 bits per heavy atom. The van der Waals surface area contributed by atoms with Crippen LogP contribution >= 0.6 is 0 Å². The van der Waals surface area contributed by atoms with Crippen molar-refractivity contribution in [2.75, 3.05) is 0 Å². The minimum atomic E-state index is -0.394. The summed E-state index contributed by atoms with van der Waals surface area (Å²) in [5.74, 6) is 0. The van der Waals surface area contributed by atoms with Gasteiger partial charge in [-0.3, -0.25) is 0 Å². The van der Waals surface area contributed by atoms with Crippen LogP contribution in [0.2, 0.25) is 0 Å². The van der Waals surface area contributed by atoms with Crippen molar-refractivity contribution in [1.82, 2.24) is 0 Å². The Balaban J connectivity index is 1.20. The highest BCUT2D eigenvalue weighted by molar-refractivity contribution is 6.19. The molecule has 1 aromatic heterocycles. The highest BCUT2D eigenvalue weighted by Gasteiger charge is 2.20. The van der Waals surface area contributed by atoms with E-state index in [-0.39, 0.29) is 53.0 Å². The summed E-state index contributed by atoms with van der Waals surface area (Å²) in [6.07, 6.45) is 0.170. The van der Waals surface area contributed by atoms with E-state index in [1.165, 1.54) is 0 Å². The van der Waals surface area contributed by atoms with Crippen LogP contribution < -0.4 is 0 Å². The maximum atomic E-state index is 9.78. The summed E-state index contributed by atoms with van der Waals surface area (Å²) < 4.78 is 62.8. The molecular formula is C53H34O. The lowest BCUT2D eigenvalue weighted by Crippen LogP contribution is -1.97. The number of fused-ring (bicyclic) bond motifs is 7. The van der Waals surface area contributed by atoms with Gasteiger partial charge in [0.1, 0.15) is 11.2 Å². The highest BCUT2D eigenvalue weighted by Crippen LogP contribution is 2.45. The smallest absolute Gasteiger partial charge is 0.143 e. The third-order valence-corrected chi connectivity index (χ3v) is 10.9. The Morgan fingerprint density at radius 1 is 0.407 bits per heavy atom. The molecule has 0 bridgehead atoms. The van der Waals surface area contributed by atoms with E-state index >= 15 is 0 Å². The zero-order valence-corrected chi connectivity index (χ0v) is 29.1. The number of benzene rings is 10. The molecule has 0 atom stereocenters. The molecule has 0 saturated carbocycles. The maximum Gasteiger partial charge on any atom is 0.143 e. The molecule has 0 saturated heterocycles. The van der Waals surface area contributed by atoms with Crippen LogP contribution in [0.1, 0.15) is 19.4 Å². The molecule has 0 aliphatic carbocycles. The van der Waals surface area contributed by atoms with Crippen molar-refractivity contribution in [3.05, 3.63) is 205 Å². The summed E-state index contributed by atoms with van der Waals surface area (Å²) >= 11 is 0. The van der Waals surface area contributed by atoms with Crippen LogP contribution in [-0.2, 0) is 6.42 Å². The topological polar surface area (TPSA) is 13.1 Å². The average molecular weight is 693 g/mol. The van der Waals surface area contributed by atoms with Gasteiger partial charge < -0.3 is 4.42 Å². The number of hydrogen-bond donors (Lipinski definition) is 0. The number of furan rings is 1. The fourth-order valence-electron chi connectivity index (χ4n) is 8.56. The van der Waals surface area contributed by atoms with Crippen LogP contribution in [0, 0.1) is 0 Å². The second kappa shape index (κ2) is 12.3. The lowest BCUT2D eigenvalue weighted by Gasteiger charge is -2.18. The lowest BCUT2D eigenvalue weighted by molar-refractivity contribution is 0.670. The molecular weight excluding hydrogens is 653 g/mol. The van der Waals surface area contributed by atoms with Crippen molar-refractivity contribution >= 4 is 65.0 Å². The summed E-state index contributed by atoms with van der Waals surface area (Å²) in [7, 11) is 0. The molecule has 0 N–H and O–H groups in total. The van der Waals surface area contributed by atoms with Crippen molar-refractivity contribution in [1.29, 1.82) is 0 Å². The normalized spacial score (nSPS) is 13.3. The van der Waals surface area contributed by atoms with Gasteiger partial charge in [-0.15, -0.1) is 0 Å². The molecule has 252 valence electrons. The van der Waals surface area contributed by atoms with Crippen molar-refractivity contribution in [2.45, 2.75) is 6.42 Å². The molecule has 0 unspecified atom stereocenters. The molecule has 11 aromatic rings. The van der Waals surface area contributed by atoms with Gasteiger partial charge >= 0.3 is 0 Å². The van der Waals surface area contributed by atoms with Gasteiger partial charge in [0.25, 0.3) is 0 Å². The zero-order chi connectivity index (χ0) is 40.8. The van der Waals surface area contributed by atoms with Crippen molar-refractivity contribution < 1.29 is 12.6 Å². The monoisotopic (exact) mass is 692 g/mol. The van der Waals surface area contributed by atoms with Crippen LogP contribution in [0.15, 0.2) is 198 Å². The second-order valence-corrected chi connectivity index (χ2v) is 13.8. The van der Waals surface area contributed by atoms with Crippen molar-refractivity contribution in [2.24, 2.45) is 0 Å². The summed E-state index contributed by atoms with van der Waals surface area (Å²) in [6.45, 7) is 0. The van der Waals surface area contributed by atoms with E-state index in [1.807, 2.05) is 84.9 Å². The Hall–Kier alpha value is -6.96. The number of rotatable bonds is 5. The molecule has 0 aliphatic heterocycles. The highest BCUT2D eigenvalue weighted by atomic mass is 16.3. The minimum absolute atomic E-state index is 0.0904. The van der Waals surface area contributed by atoms with Crippen molar-refractivity contribution in [3.63, 3.8) is 0 Å². The largest absolute Gasteiger partial charge is 0.455 e. The third kappa shape index (κ3) is 4.72. The van der Waals surface area contributed by atoms with Crippen LogP contribution in [0.25, 0.3) is 98.4 Å². The van der Waals surface area contributed by atoms with Crippen LogP contribution in [0.4, 0.5) is 0 Å². The van der Waals surface area contributed by atoms with Crippen molar-refractivity contribution in [3.8, 4) is 33.4 Å². The van der Waals surface area contributed by atoms with Gasteiger partial charge in [0, 0.05) is 16.3 Å². The first kappa shape index (κ1) is 25.1. The average Bonchev–Trinajstić information content (AvgIpc) is 3.68. The molecule has 1 heterocycles. The molecule has 0 amide bonds. The van der Waals surface area contributed by atoms with Gasteiger partial charge in [-0.2, -0.15) is 0 Å². The molecule has 0 aliphatic rings. The molecule has 0 fully saturated rings. The van der Waals surface area contributed by atoms with Gasteiger partial charge in [0.05, 0.1) is 8.22 Å². The first-order valence-corrected chi connectivity index (χ1v) is 18.2. The summed E-state index contributed by atoms with van der Waals surface area (Å²) in [6, 6.07) is 51.5. The van der Waals surface area contributed by atoms with E-state index in [2.05, 4.69) is 72.8 Å². The minimum Gasteiger partial charge on any atom is -0.455 e. The van der Waals surface area contributed by atoms with Gasteiger partial charge in [-0.05, 0) is 94.5 Å². The molecule has 0 radical (unpaired) electrons. The zero-order valence-electron chi connectivity index (χ0n) is 35.1. The van der Waals surface area contributed by atoms with Gasteiger partial charge in [0.2, 0.25) is 0 Å². The van der Waals surface area contributed by atoms with Crippen LogP contribution in [0.5, 0.6) is 0 Å². The standard InChI is InChI=1S/C53H34O/c1-2-16-35(17-3-1)51-44-24-10-8-22-41(44)49(42-23-9-11-25-45(42)51)33-36-31-32-43(39-21-7-6-20-38(36)39)47-28-13-29-48-52-46(27-14-30-50(52)54-53(47)48)40-26-12-18-34-15-4-5-19-37(34)40/h1-32H,33H2/i6D,7D,20D,21D,31D,32D. The fourth-order valence-corrected chi connectivity index (χ4v) is 8.56. The second-order valence-electron chi connectivity index (χ2n) is 13.8. The van der Waals surface area contributed by atoms with Crippen LogP contribution in [-0.4, -0.2) is 0 Å². The van der Waals surface area contributed by atoms with E-state index in [0.29, 0.717) is 22.3 Å². The lowest BCUT2D eigenvalue weighted by atomic mass is 9.85. The SMILES string of the molecule is [2H]c1c([2H])c([2H])c2c(-c3cccc4c3oc3cccc(-c5cccc6ccccc56)c34)c([2H])c([2H])c(Cc3c4ccccc4c(-c4ccccc4)c4ccccc34)c2c1[2H]. The fraction of sp³-hybridized carbons (Fsp3) is 0.0189. The Labute approximate surface area is 321 Å². The van der Waals surface area contributed by atoms with E-state index < -0.39 is 6.04 Å². The molecule has 1 heteroatoms. The Morgan fingerprint density at radius 3 is 1.80 bits per heavy atom. The predicted octanol–water partition coefficient (Wildman–Crippen LogP) is 14.8. The van der Waals surface area contributed by atoms with E-state index in [0.717, 1.165) is 70.9 Å². The molecule has 11 rings (SSSR count). The van der Waals surface area contributed by atoms with E-state index in [1.54, 1.807) is 0 Å². The van der Waals surface area contributed by atoms with E-state index in [9.17, 15) is 5.48 Å². The van der Waals surface area contributed by atoms with Gasteiger partial charge in [0.15, 0.2) is 0 Å². The van der Waals surface area contributed by atoms with Gasteiger partial charge in [-0.1, -0.05) is 188 Å². The van der Waals surface area contributed by atoms with E-state index in [4.69, 9.17) is 7.16 Å². The quantitative estimate of drug-likeness (QED) is 0.164. The number of hydrogen-bond acceptors (Lipinski definition) is 1. The Kier molecular flexibility index (Phi) is 5.73. The molecule has 54 heavy (non-hydrogen) atoms. The Bertz CT molecular complexity index is 3530. The first-order chi connectivity index (χ1) is 29.3. The number of para-hydroxylation sites is 1. The summed E-state index contributed by atoms with van der Waals surface area (Å²) in [5.41, 5.74) is 7.42. The summed E-state index contributed by atoms with van der Waals surface area (Å²) in [4.78, 5) is 0. The molecule has 1 nitrogen and oxygen atoms in total. The first-order valence-electron chi connectivity index (χ1n) is 21.2. The summed E-state index contributed by atoms with van der Waals surface area (Å²) in [5, 5.41) is 8.43. The maximum absolute atomic E-state index is 9.78. The molecule has 0 spiro atoms. The molecule has 10 aromatic carbocycles. The van der Waals surface area contributed by atoms with Gasteiger partial charge in [-0.25, -0.2) is 0 Å². The third-order valence-electron chi connectivity index (χ3n) is 10.9. The predicted molar refractivity (Wildman–Crippen MR) is 229 cm³/mol.